The van der Waals surface area contributed by atoms with Crippen molar-refractivity contribution in [1.29, 1.82) is 0 Å². The van der Waals surface area contributed by atoms with E-state index in [1.54, 1.807) is 37.3 Å². The van der Waals surface area contributed by atoms with Crippen LogP contribution in [0, 0.1) is 6.92 Å². The van der Waals surface area contributed by atoms with Crippen molar-refractivity contribution in [3.63, 3.8) is 0 Å². The molecule has 0 saturated heterocycles. The molecule has 0 heterocycles. The van der Waals surface area contributed by atoms with Gasteiger partial charge in [0.2, 0.25) is 9.84 Å². The molecule has 0 amide bonds. The molecule has 104 valence electrons. The number of rotatable bonds is 3. The topological polar surface area (TPSA) is 60.4 Å². The Hall–Kier alpha value is -2.14. The molecule has 5 heteroatoms. The van der Waals surface area contributed by atoms with Gasteiger partial charge in [-0.15, -0.1) is 0 Å². The second kappa shape index (κ2) is 5.46. The Morgan fingerprint density at radius 3 is 2.20 bits per heavy atom. The first kappa shape index (κ1) is 14.3. The van der Waals surface area contributed by atoms with Gasteiger partial charge in [0.15, 0.2) is 0 Å². The zero-order valence-electron chi connectivity index (χ0n) is 11.2. The average Bonchev–Trinajstić information content (AvgIpc) is 2.41. The fraction of sp³-hybridized carbons (Fsp3) is 0.133. The summed E-state index contributed by atoms with van der Waals surface area (Å²) in [7, 11) is -3.55. The van der Waals surface area contributed by atoms with Crippen LogP contribution in [0.5, 0.6) is 5.75 Å². The molecule has 2 aromatic rings. The Morgan fingerprint density at radius 2 is 1.65 bits per heavy atom. The lowest BCUT2D eigenvalue weighted by Crippen LogP contribution is -2.05. The molecule has 0 atom stereocenters. The van der Waals surface area contributed by atoms with E-state index in [2.05, 4.69) is 0 Å². The lowest BCUT2D eigenvalue weighted by molar-refractivity contribution is -0.131. The van der Waals surface area contributed by atoms with Gasteiger partial charge in [-0.05, 0) is 42.8 Å². The van der Waals surface area contributed by atoms with E-state index in [1.165, 1.54) is 25.1 Å². The summed E-state index contributed by atoms with van der Waals surface area (Å²) < 4.78 is 29.8. The Balaban J connectivity index is 2.44. The number of carbonyl (C=O) groups excluding carboxylic acids is 1. The van der Waals surface area contributed by atoms with E-state index in [1.807, 2.05) is 0 Å². The highest BCUT2D eigenvalue weighted by Gasteiger charge is 2.18. The van der Waals surface area contributed by atoms with Gasteiger partial charge in [0.25, 0.3) is 0 Å². The van der Waals surface area contributed by atoms with Crippen LogP contribution in [0.2, 0.25) is 0 Å². The molecule has 2 aromatic carbocycles. The summed E-state index contributed by atoms with van der Waals surface area (Å²) in [5.74, 6) is -0.0729. The Labute approximate surface area is 117 Å². The van der Waals surface area contributed by atoms with E-state index in [9.17, 15) is 13.2 Å². The fourth-order valence-electron chi connectivity index (χ4n) is 1.79. The number of ether oxygens (including phenoxy) is 1. The molecule has 0 N–H and O–H groups in total. The van der Waals surface area contributed by atoms with Crippen LogP contribution in [0.3, 0.4) is 0 Å². The molecule has 0 aliphatic rings. The third kappa shape index (κ3) is 2.88. The zero-order chi connectivity index (χ0) is 14.8. The van der Waals surface area contributed by atoms with E-state index in [0.717, 1.165) is 0 Å². The lowest BCUT2D eigenvalue weighted by atomic mass is 10.2. The number of hydrogen-bond donors (Lipinski definition) is 0. The smallest absolute Gasteiger partial charge is 0.308 e. The number of sulfone groups is 1. The molecule has 4 nitrogen and oxygen atoms in total. The van der Waals surface area contributed by atoms with Crippen molar-refractivity contribution >= 4 is 15.8 Å². The molecule has 2 rings (SSSR count). The van der Waals surface area contributed by atoms with Crippen molar-refractivity contribution in [2.45, 2.75) is 23.6 Å². The van der Waals surface area contributed by atoms with E-state index in [0.29, 0.717) is 11.3 Å². The van der Waals surface area contributed by atoms with Crippen LogP contribution in [0.25, 0.3) is 0 Å². The first-order valence-electron chi connectivity index (χ1n) is 6.00. The van der Waals surface area contributed by atoms with Gasteiger partial charge in [-0.25, -0.2) is 8.42 Å². The maximum absolute atomic E-state index is 12.4. The summed E-state index contributed by atoms with van der Waals surface area (Å²) in [6.07, 6.45) is 0. The van der Waals surface area contributed by atoms with Crippen molar-refractivity contribution in [1.82, 2.24) is 0 Å². The Bertz CT molecular complexity index is 734. The highest BCUT2D eigenvalue weighted by atomic mass is 32.2. The minimum atomic E-state index is -3.55. The molecular formula is C15H14O4S. The predicted molar refractivity (Wildman–Crippen MR) is 74.4 cm³/mol. The molecule has 0 aromatic heterocycles. The maximum atomic E-state index is 12.4. The maximum Gasteiger partial charge on any atom is 0.308 e. The SMILES string of the molecule is CC(=O)Oc1ccc(S(=O)(=O)c2ccccc2)cc1C. The third-order valence-electron chi connectivity index (χ3n) is 2.76. The monoisotopic (exact) mass is 290 g/mol. The van der Waals surface area contributed by atoms with Crippen molar-refractivity contribution in [3.8, 4) is 5.75 Å². The van der Waals surface area contributed by atoms with Gasteiger partial charge >= 0.3 is 5.97 Å². The second-order valence-corrected chi connectivity index (χ2v) is 6.29. The summed E-state index contributed by atoms with van der Waals surface area (Å²) in [5.41, 5.74) is 0.595. The van der Waals surface area contributed by atoms with Crippen LogP contribution >= 0.6 is 0 Å². The normalized spacial score (nSPS) is 11.1. The first-order chi connectivity index (χ1) is 9.41. The van der Waals surface area contributed by atoms with Crippen molar-refractivity contribution < 1.29 is 17.9 Å². The van der Waals surface area contributed by atoms with Crippen LogP contribution in [0.4, 0.5) is 0 Å². The van der Waals surface area contributed by atoms with E-state index in [4.69, 9.17) is 4.74 Å². The standard InChI is InChI=1S/C15H14O4S/c1-11-10-14(8-9-15(11)19-12(2)16)20(17,18)13-6-4-3-5-7-13/h3-10H,1-2H3. The molecule has 0 bridgehead atoms. The molecule has 0 aliphatic heterocycles. The van der Waals surface area contributed by atoms with Gasteiger partial charge in [-0.3, -0.25) is 4.79 Å². The fourth-order valence-corrected chi connectivity index (χ4v) is 3.16. The Morgan fingerprint density at radius 1 is 1.00 bits per heavy atom. The van der Waals surface area contributed by atoms with Gasteiger partial charge < -0.3 is 4.74 Å². The van der Waals surface area contributed by atoms with Crippen LogP contribution < -0.4 is 4.74 Å². The molecule has 0 radical (unpaired) electrons. The Kier molecular flexibility index (Phi) is 3.90. The highest BCUT2D eigenvalue weighted by Crippen LogP contribution is 2.26. The lowest BCUT2D eigenvalue weighted by Gasteiger charge is -2.09. The summed E-state index contributed by atoms with van der Waals surface area (Å²) in [4.78, 5) is 11.3. The van der Waals surface area contributed by atoms with Crippen LogP contribution in [-0.2, 0) is 14.6 Å². The van der Waals surface area contributed by atoms with Gasteiger partial charge in [-0.2, -0.15) is 0 Å². The summed E-state index contributed by atoms with van der Waals surface area (Å²) >= 11 is 0. The summed E-state index contributed by atoms with van der Waals surface area (Å²) in [6.45, 7) is 3.00. The molecule has 0 aliphatic carbocycles. The van der Waals surface area contributed by atoms with Crippen molar-refractivity contribution in [2.24, 2.45) is 0 Å². The molecule has 20 heavy (non-hydrogen) atoms. The quantitative estimate of drug-likeness (QED) is 0.644. The van der Waals surface area contributed by atoms with Crippen LogP contribution in [-0.4, -0.2) is 14.4 Å². The number of hydrogen-bond acceptors (Lipinski definition) is 4. The van der Waals surface area contributed by atoms with Crippen molar-refractivity contribution in [3.05, 3.63) is 54.1 Å². The highest BCUT2D eigenvalue weighted by molar-refractivity contribution is 7.91. The number of esters is 1. The summed E-state index contributed by atoms with van der Waals surface area (Å²) in [6, 6.07) is 12.6. The molecular weight excluding hydrogens is 276 g/mol. The molecule has 0 saturated carbocycles. The molecule has 0 fully saturated rings. The minimum absolute atomic E-state index is 0.178. The molecule has 0 spiro atoms. The van der Waals surface area contributed by atoms with E-state index < -0.39 is 15.8 Å². The largest absolute Gasteiger partial charge is 0.426 e. The number of benzene rings is 2. The van der Waals surface area contributed by atoms with Gasteiger partial charge in [-0.1, -0.05) is 18.2 Å². The van der Waals surface area contributed by atoms with Crippen LogP contribution in [0.1, 0.15) is 12.5 Å². The predicted octanol–water partition coefficient (Wildman–Crippen LogP) is 2.75. The number of aryl methyl sites for hydroxylation is 1. The van der Waals surface area contributed by atoms with Crippen molar-refractivity contribution in [2.75, 3.05) is 0 Å². The second-order valence-electron chi connectivity index (χ2n) is 4.34. The third-order valence-corrected chi connectivity index (χ3v) is 4.53. The minimum Gasteiger partial charge on any atom is -0.426 e. The molecule has 0 unspecified atom stereocenters. The van der Waals surface area contributed by atoms with Gasteiger partial charge in [0, 0.05) is 6.92 Å². The van der Waals surface area contributed by atoms with Gasteiger partial charge in [0.05, 0.1) is 9.79 Å². The zero-order valence-corrected chi connectivity index (χ0v) is 12.0. The van der Waals surface area contributed by atoms with E-state index >= 15 is 0 Å². The van der Waals surface area contributed by atoms with Crippen LogP contribution in [0.15, 0.2) is 58.3 Å². The van der Waals surface area contributed by atoms with Gasteiger partial charge in [0.1, 0.15) is 5.75 Å². The van der Waals surface area contributed by atoms with E-state index in [-0.39, 0.29) is 9.79 Å². The summed E-state index contributed by atoms with van der Waals surface area (Å²) in [5, 5.41) is 0. The first-order valence-corrected chi connectivity index (χ1v) is 7.49. The average molecular weight is 290 g/mol. The number of carbonyl (C=O) groups is 1.